The molecule has 0 aliphatic rings. The van der Waals surface area contributed by atoms with Crippen molar-refractivity contribution in [2.75, 3.05) is 26.4 Å². The van der Waals surface area contributed by atoms with Gasteiger partial charge in [-0.05, 0) is 130 Å². The third-order valence-electron chi connectivity index (χ3n) is 6.71. The van der Waals surface area contributed by atoms with Crippen molar-refractivity contribution in [2.45, 2.75) is 58.3 Å². The molecule has 3 aromatic rings. The number of rotatable bonds is 21. The molecule has 0 atom stereocenters. The summed E-state index contributed by atoms with van der Waals surface area (Å²) in [5.41, 5.74) is 2.09. The molecule has 9 nitrogen and oxygen atoms in total. The van der Waals surface area contributed by atoms with E-state index in [2.05, 4.69) is 11.6 Å². The van der Waals surface area contributed by atoms with Crippen LogP contribution in [-0.2, 0) is 19.1 Å². The molecule has 0 saturated heterocycles. The molecule has 0 saturated carbocycles. The fourth-order valence-corrected chi connectivity index (χ4v) is 4.20. The molecule has 0 amide bonds. The minimum absolute atomic E-state index is 0.246. The van der Waals surface area contributed by atoms with Gasteiger partial charge < -0.3 is 23.7 Å². The third kappa shape index (κ3) is 14.7. The molecule has 3 aromatic carbocycles. The van der Waals surface area contributed by atoms with E-state index in [-0.39, 0.29) is 11.9 Å². The molecule has 0 bridgehead atoms. The van der Waals surface area contributed by atoms with Gasteiger partial charge in [-0.2, -0.15) is 0 Å². The fourth-order valence-electron chi connectivity index (χ4n) is 4.20. The molecule has 0 fully saturated rings. The topological polar surface area (TPSA) is 110 Å². The quantitative estimate of drug-likeness (QED) is 0.0386. The van der Waals surface area contributed by atoms with Crippen LogP contribution in [0.15, 0.2) is 90.4 Å². The first-order valence-corrected chi connectivity index (χ1v) is 15.7. The van der Waals surface area contributed by atoms with E-state index in [1.807, 2.05) is 24.3 Å². The van der Waals surface area contributed by atoms with Gasteiger partial charge in [-0.15, -0.1) is 0 Å². The van der Waals surface area contributed by atoms with Crippen LogP contribution in [0.3, 0.4) is 0 Å². The summed E-state index contributed by atoms with van der Waals surface area (Å²) in [5, 5.41) is 0. The van der Waals surface area contributed by atoms with Gasteiger partial charge in [0.15, 0.2) is 0 Å². The number of unbranched alkanes of at least 4 members (excludes halogenated alkanes) is 6. The number of benzene rings is 3. The Balaban J connectivity index is 1.31. The maximum atomic E-state index is 12.6. The van der Waals surface area contributed by atoms with Gasteiger partial charge in [-0.25, -0.2) is 9.59 Å². The molecule has 0 aliphatic carbocycles. The minimum atomic E-state index is -0.454. The zero-order chi connectivity index (χ0) is 32.8. The molecule has 0 spiro atoms. The Bertz CT molecular complexity index is 1380. The van der Waals surface area contributed by atoms with Gasteiger partial charge in [0.05, 0.1) is 37.7 Å². The van der Waals surface area contributed by atoms with Crippen LogP contribution in [0.4, 0.5) is 5.69 Å². The van der Waals surface area contributed by atoms with Crippen molar-refractivity contribution in [3.63, 3.8) is 0 Å². The minimum Gasteiger partial charge on any atom is -0.494 e. The fraction of sp³-hybridized carbons (Fsp3) is 0.351. The van der Waals surface area contributed by atoms with E-state index in [4.69, 9.17) is 23.7 Å². The van der Waals surface area contributed by atoms with Crippen LogP contribution in [0.1, 0.15) is 74.2 Å². The molecule has 0 unspecified atom stereocenters. The van der Waals surface area contributed by atoms with Crippen molar-refractivity contribution >= 4 is 29.8 Å². The van der Waals surface area contributed by atoms with Gasteiger partial charge in [0.1, 0.15) is 17.2 Å². The number of esters is 3. The van der Waals surface area contributed by atoms with E-state index in [0.717, 1.165) is 68.4 Å². The van der Waals surface area contributed by atoms with Crippen molar-refractivity contribution in [3.8, 4) is 17.2 Å². The Morgan fingerprint density at radius 1 is 0.630 bits per heavy atom. The van der Waals surface area contributed by atoms with Crippen LogP contribution in [0.2, 0.25) is 0 Å². The van der Waals surface area contributed by atoms with Gasteiger partial charge in [0, 0.05) is 19.2 Å². The molecule has 0 radical (unpaired) electrons. The number of ether oxygens (including phenoxy) is 5. The molecule has 0 heterocycles. The average molecular weight is 630 g/mol. The zero-order valence-corrected chi connectivity index (χ0v) is 26.5. The number of carbonyl (C=O) groups is 3. The largest absolute Gasteiger partial charge is 0.494 e. The second-order valence-electron chi connectivity index (χ2n) is 10.5. The summed E-state index contributed by atoms with van der Waals surface area (Å²) in [6, 6.07) is 21.6. The molecule has 0 N–H and O–H groups in total. The number of aliphatic imine (C=N–C) groups is 1. The summed E-state index contributed by atoms with van der Waals surface area (Å²) in [5.74, 6) is 0.832. The summed E-state index contributed by atoms with van der Waals surface area (Å²) in [6.45, 7) is 6.87. The van der Waals surface area contributed by atoms with E-state index in [9.17, 15) is 14.4 Å². The van der Waals surface area contributed by atoms with Crippen LogP contribution in [0.25, 0.3) is 0 Å². The second kappa shape index (κ2) is 20.9. The van der Waals surface area contributed by atoms with Gasteiger partial charge >= 0.3 is 17.9 Å². The Hall–Kier alpha value is -4.92. The summed E-state index contributed by atoms with van der Waals surface area (Å²) in [7, 11) is 0. The Morgan fingerprint density at radius 2 is 1.13 bits per heavy atom. The molecule has 9 heteroatoms. The normalized spacial score (nSPS) is 10.7. The van der Waals surface area contributed by atoms with Gasteiger partial charge in [-0.1, -0.05) is 6.58 Å². The highest BCUT2D eigenvalue weighted by atomic mass is 16.5. The Morgan fingerprint density at radius 3 is 1.67 bits per heavy atom. The Kier molecular flexibility index (Phi) is 16.2. The smallest absolute Gasteiger partial charge is 0.343 e. The van der Waals surface area contributed by atoms with Crippen molar-refractivity contribution in [1.29, 1.82) is 0 Å². The van der Waals surface area contributed by atoms with Crippen molar-refractivity contribution in [2.24, 2.45) is 4.99 Å². The third-order valence-corrected chi connectivity index (χ3v) is 6.71. The van der Waals surface area contributed by atoms with Crippen LogP contribution in [-0.4, -0.2) is 50.6 Å². The number of carbonyl (C=O) groups excluding carboxylic acids is 3. The highest BCUT2D eigenvalue weighted by Crippen LogP contribution is 2.21. The summed E-state index contributed by atoms with van der Waals surface area (Å²) in [6.07, 6.45) is 10.4. The zero-order valence-electron chi connectivity index (χ0n) is 26.5. The lowest BCUT2D eigenvalue weighted by Crippen LogP contribution is -2.08. The molecular weight excluding hydrogens is 586 g/mol. The van der Waals surface area contributed by atoms with Gasteiger partial charge in [0.2, 0.25) is 0 Å². The Labute approximate surface area is 271 Å². The van der Waals surface area contributed by atoms with Crippen LogP contribution in [0.5, 0.6) is 17.2 Å². The number of hydrogen-bond donors (Lipinski definition) is 0. The first kappa shape index (κ1) is 35.6. The summed E-state index contributed by atoms with van der Waals surface area (Å²) < 4.78 is 26.9. The van der Waals surface area contributed by atoms with Crippen molar-refractivity contribution < 1.29 is 38.1 Å². The molecule has 0 aliphatic heterocycles. The number of nitrogens with zero attached hydrogens (tertiary/aromatic N) is 1. The van der Waals surface area contributed by atoms with Crippen molar-refractivity contribution in [1.82, 2.24) is 0 Å². The second-order valence-corrected chi connectivity index (χ2v) is 10.5. The molecule has 244 valence electrons. The van der Waals surface area contributed by atoms with E-state index in [0.29, 0.717) is 43.5 Å². The predicted octanol–water partition coefficient (Wildman–Crippen LogP) is 7.83. The average Bonchev–Trinajstić information content (AvgIpc) is 3.07. The summed E-state index contributed by atoms with van der Waals surface area (Å²) in [4.78, 5) is 38.8. The molecule has 0 aromatic heterocycles. The SMILES string of the molecule is C=CC(=O)OCCCCCCOc1ccc(/C=N/c2ccc(OC(=O)c3ccc(OCCCCCCOC(C)=O)cc3)cc2)cc1. The van der Waals surface area contributed by atoms with Gasteiger partial charge in [-0.3, -0.25) is 9.79 Å². The lowest BCUT2D eigenvalue weighted by molar-refractivity contribution is -0.141. The van der Waals surface area contributed by atoms with Crippen LogP contribution >= 0.6 is 0 Å². The van der Waals surface area contributed by atoms with Crippen LogP contribution in [0, 0.1) is 0 Å². The molecule has 46 heavy (non-hydrogen) atoms. The van der Waals surface area contributed by atoms with Crippen LogP contribution < -0.4 is 14.2 Å². The molecular formula is C37H43NO8. The monoisotopic (exact) mass is 629 g/mol. The predicted molar refractivity (Wildman–Crippen MR) is 177 cm³/mol. The van der Waals surface area contributed by atoms with Gasteiger partial charge in [0.25, 0.3) is 0 Å². The highest BCUT2D eigenvalue weighted by Gasteiger charge is 2.09. The summed E-state index contributed by atoms with van der Waals surface area (Å²) >= 11 is 0. The first-order chi connectivity index (χ1) is 22.4. The maximum Gasteiger partial charge on any atom is 0.343 e. The number of hydrogen-bond acceptors (Lipinski definition) is 9. The van der Waals surface area contributed by atoms with E-state index < -0.39 is 5.97 Å². The van der Waals surface area contributed by atoms with Crippen molar-refractivity contribution in [3.05, 3.63) is 96.6 Å². The van der Waals surface area contributed by atoms with E-state index in [1.54, 1.807) is 54.7 Å². The maximum absolute atomic E-state index is 12.6. The first-order valence-electron chi connectivity index (χ1n) is 15.7. The van der Waals surface area contributed by atoms with E-state index >= 15 is 0 Å². The lowest BCUT2D eigenvalue weighted by Gasteiger charge is -2.08. The molecule has 3 rings (SSSR count). The standard InChI is InChI=1S/C37H43NO8/c1-3-36(40)45-27-11-7-6-10-25-43-33-18-12-30(13-19-33)28-38-32-16-22-35(23-17-32)46-37(41)31-14-20-34(21-15-31)44-26-9-5-4-8-24-42-29(2)39/h3,12-23,28H,1,4-11,24-27H2,2H3/b38-28+. The lowest BCUT2D eigenvalue weighted by atomic mass is 10.2. The highest BCUT2D eigenvalue weighted by molar-refractivity contribution is 5.91. The van der Waals surface area contributed by atoms with E-state index in [1.165, 1.54) is 13.0 Å².